The van der Waals surface area contributed by atoms with Gasteiger partial charge in [0.2, 0.25) is 0 Å². The van der Waals surface area contributed by atoms with E-state index in [-0.39, 0.29) is 23.9 Å². The summed E-state index contributed by atoms with van der Waals surface area (Å²) >= 11 is 2.23. The van der Waals surface area contributed by atoms with E-state index in [4.69, 9.17) is 4.52 Å². The minimum Gasteiger partial charge on any atom is -0.469 e. The van der Waals surface area contributed by atoms with Crippen molar-refractivity contribution in [2.75, 3.05) is 7.11 Å². The minimum atomic E-state index is -0.147. The largest absolute Gasteiger partial charge is 0.469 e. The lowest BCUT2D eigenvalue weighted by molar-refractivity contribution is -0.140. The fourth-order valence-corrected chi connectivity index (χ4v) is 4.96. The molecule has 0 bridgehead atoms. The Hall–Kier alpha value is -0.780. The Kier molecular flexibility index (Phi) is 10.5. The van der Waals surface area contributed by atoms with Crippen molar-refractivity contribution in [2.24, 2.45) is 11.8 Å². The fourth-order valence-electron chi connectivity index (χ4n) is 3.62. The van der Waals surface area contributed by atoms with E-state index in [2.05, 4.69) is 51.1 Å². The molecule has 2 rings (SSSR count). The Morgan fingerprint density at radius 2 is 1.96 bits per heavy atom. The summed E-state index contributed by atoms with van der Waals surface area (Å²) in [6, 6.07) is 10.2. The van der Waals surface area contributed by atoms with Crippen LogP contribution in [-0.2, 0) is 18.8 Å². The molecule has 27 heavy (non-hydrogen) atoms. The molecule has 1 aliphatic carbocycles. The van der Waals surface area contributed by atoms with E-state index in [0.29, 0.717) is 25.1 Å². The first-order valence-corrected chi connectivity index (χ1v) is 13.5. The van der Waals surface area contributed by atoms with Crippen LogP contribution in [0.25, 0.3) is 6.08 Å². The third-order valence-corrected chi connectivity index (χ3v) is 6.24. The van der Waals surface area contributed by atoms with E-state index in [1.54, 1.807) is 0 Å². The Morgan fingerprint density at radius 1 is 1.22 bits per heavy atom. The van der Waals surface area contributed by atoms with Gasteiger partial charge in [-0.25, -0.2) is 0 Å². The lowest BCUT2D eigenvalue weighted by atomic mass is 9.88. The zero-order chi connectivity index (χ0) is 19.5. The highest BCUT2D eigenvalue weighted by Gasteiger charge is 2.41. The summed E-state index contributed by atoms with van der Waals surface area (Å²) in [5.74, 6) is 0.372. The molecule has 1 aromatic carbocycles. The molecular formula is C21H28IO4P. The Morgan fingerprint density at radius 3 is 2.67 bits per heavy atom. The number of methoxy groups -OCH3 is 1. The number of carbonyl (C=O) groups excluding carboxylic acids is 2. The number of rotatable bonds is 11. The Labute approximate surface area is 176 Å². The lowest BCUT2D eigenvalue weighted by Crippen LogP contribution is -2.19. The zero-order valence-corrected chi connectivity index (χ0v) is 18.9. The lowest BCUT2D eigenvalue weighted by Gasteiger charge is -2.20. The van der Waals surface area contributed by atoms with Crippen LogP contribution in [0.1, 0.15) is 50.5 Å². The van der Waals surface area contributed by atoms with Gasteiger partial charge in [-0.05, 0) is 40.4 Å². The molecule has 0 heterocycles. The molecule has 0 aliphatic heterocycles. The third kappa shape index (κ3) is 7.63. The van der Waals surface area contributed by atoms with E-state index < -0.39 is 0 Å². The molecule has 6 heteroatoms. The van der Waals surface area contributed by atoms with E-state index in [0.717, 1.165) is 37.7 Å². The van der Waals surface area contributed by atoms with Gasteiger partial charge in [0.15, 0.2) is 0 Å². The van der Waals surface area contributed by atoms with Gasteiger partial charge in [-0.3, -0.25) is 9.59 Å². The molecule has 0 amide bonds. The van der Waals surface area contributed by atoms with Crippen LogP contribution in [0.2, 0.25) is 0 Å². The average Bonchev–Trinajstić information content (AvgIpc) is 2.98. The molecule has 0 radical (unpaired) electrons. The van der Waals surface area contributed by atoms with E-state index in [9.17, 15) is 9.59 Å². The minimum absolute atomic E-state index is 0.00276. The normalized spacial score (nSPS) is 22.9. The predicted molar refractivity (Wildman–Crippen MR) is 119 cm³/mol. The van der Waals surface area contributed by atoms with Crippen molar-refractivity contribution in [3.05, 3.63) is 42.0 Å². The number of hydrogen-bond donors (Lipinski definition) is 0. The first-order valence-electron chi connectivity index (χ1n) is 9.49. The molecule has 1 saturated carbocycles. The fraction of sp³-hybridized carbons (Fsp3) is 0.524. The molecule has 4 nitrogen and oxygen atoms in total. The molecule has 0 N–H and O–H groups in total. The van der Waals surface area contributed by atoms with Crippen LogP contribution in [0.15, 0.2) is 36.4 Å². The van der Waals surface area contributed by atoms with Crippen LogP contribution >= 0.6 is 28.5 Å². The number of unbranched alkanes of at least 4 members (excludes halogenated alkanes) is 3. The Bertz CT molecular complexity index is 620. The van der Waals surface area contributed by atoms with Crippen LogP contribution < -0.4 is 0 Å². The first kappa shape index (κ1) is 22.5. The van der Waals surface area contributed by atoms with E-state index in [1.165, 1.54) is 7.11 Å². The number of carbonyl (C=O) groups is 2. The third-order valence-electron chi connectivity index (χ3n) is 5.09. The van der Waals surface area contributed by atoms with Crippen molar-refractivity contribution < 1.29 is 18.8 Å². The van der Waals surface area contributed by atoms with Crippen LogP contribution in [-0.4, -0.2) is 25.0 Å². The predicted octanol–water partition coefficient (Wildman–Crippen LogP) is 5.75. The number of halogens is 1. The number of ketones is 1. The van der Waals surface area contributed by atoms with Gasteiger partial charge in [0.1, 0.15) is 5.78 Å². The van der Waals surface area contributed by atoms with Crippen molar-refractivity contribution in [3.8, 4) is 0 Å². The SMILES string of the molecule is COC(=O)CCCCCC[C@H]1C(=O)C[C@@H](OPI)[C@@H]1/C=C/c1ccccc1. The molecule has 4 atom stereocenters. The summed E-state index contributed by atoms with van der Waals surface area (Å²) in [5, 5.41) is 0. The number of esters is 1. The van der Waals surface area contributed by atoms with Gasteiger partial charge in [0.25, 0.3) is 0 Å². The zero-order valence-electron chi connectivity index (χ0n) is 15.7. The smallest absolute Gasteiger partial charge is 0.305 e. The summed E-state index contributed by atoms with van der Waals surface area (Å²) < 4.78 is 10.5. The molecular weight excluding hydrogens is 474 g/mol. The van der Waals surface area contributed by atoms with Gasteiger partial charge in [-0.1, -0.05) is 61.7 Å². The van der Waals surface area contributed by atoms with Gasteiger partial charge in [0.05, 0.1) is 19.7 Å². The highest BCUT2D eigenvalue weighted by Crippen LogP contribution is 2.40. The summed E-state index contributed by atoms with van der Waals surface area (Å²) in [7, 11) is 1.42. The van der Waals surface area contributed by atoms with Crippen LogP contribution in [0.4, 0.5) is 0 Å². The maximum absolute atomic E-state index is 12.6. The molecule has 0 aromatic heterocycles. The van der Waals surface area contributed by atoms with E-state index >= 15 is 0 Å². The van der Waals surface area contributed by atoms with Crippen LogP contribution in [0.5, 0.6) is 0 Å². The monoisotopic (exact) mass is 502 g/mol. The highest BCUT2D eigenvalue weighted by molar-refractivity contribution is 14.2. The second-order valence-electron chi connectivity index (χ2n) is 6.89. The molecule has 1 aromatic rings. The number of ether oxygens (including phenoxy) is 1. The van der Waals surface area contributed by atoms with Crippen molar-refractivity contribution in [1.29, 1.82) is 0 Å². The average molecular weight is 502 g/mol. The van der Waals surface area contributed by atoms with Crippen LogP contribution in [0.3, 0.4) is 0 Å². The van der Waals surface area contributed by atoms with E-state index in [1.807, 2.05) is 18.2 Å². The summed E-state index contributed by atoms with van der Waals surface area (Å²) in [6.07, 6.45) is 10.1. The van der Waals surface area contributed by atoms with Crippen molar-refractivity contribution in [1.82, 2.24) is 0 Å². The summed E-state index contributed by atoms with van der Waals surface area (Å²) in [6.45, 7) is 0.368. The first-order chi connectivity index (χ1) is 13.2. The number of hydrogen-bond acceptors (Lipinski definition) is 4. The molecule has 1 unspecified atom stereocenters. The second-order valence-corrected chi connectivity index (χ2v) is 8.60. The summed E-state index contributed by atoms with van der Waals surface area (Å²) in [4.78, 5) is 23.7. The van der Waals surface area contributed by atoms with Gasteiger partial charge in [-0.2, -0.15) is 0 Å². The van der Waals surface area contributed by atoms with Gasteiger partial charge in [-0.15, -0.1) is 0 Å². The maximum atomic E-state index is 12.6. The van der Waals surface area contributed by atoms with Gasteiger partial charge >= 0.3 is 5.97 Å². The molecule has 1 fully saturated rings. The molecule has 1 aliphatic rings. The number of benzene rings is 1. The topological polar surface area (TPSA) is 52.6 Å². The Balaban J connectivity index is 1.88. The van der Waals surface area contributed by atoms with Crippen molar-refractivity contribution >= 4 is 46.3 Å². The standard InChI is InChI=1S/C21H28IO4P/c1-25-21(24)12-8-3-2-7-11-17-18(20(26-27-22)15-19(17)23)14-13-16-9-5-4-6-10-16/h4-6,9-10,13-14,17-18,20,27H,2-3,7-8,11-12,15H2,1H3/b14-13+/t17-,18-,20-/m1/s1. The maximum Gasteiger partial charge on any atom is 0.305 e. The van der Waals surface area contributed by atoms with Gasteiger partial charge in [0, 0.05) is 24.7 Å². The second kappa shape index (κ2) is 12.6. The quantitative estimate of drug-likeness (QED) is 0.168. The molecule has 148 valence electrons. The van der Waals surface area contributed by atoms with Crippen molar-refractivity contribution in [3.63, 3.8) is 0 Å². The molecule has 0 saturated heterocycles. The van der Waals surface area contributed by atoms with Crippen molar-refractivity contribution in [2.45, 2.75) is 51.0 Å². The molecule has 0 spiro atoms. The van der Waals surface area contributed by atoms with Gasteiger partial charge < -0.3 is 9.26 Å². The summed E-state index contributed by atoms with van der Waals surface area (Å²) in [5.41, 5.74) is 1.15. The number of Topliss-reactive ketones (excluding diaryl/α,β-unsaturated/α-hetero) is 1. The highest BCUT2D eigenvalue weighted by atomic mass is 127. The van der Waals surface area contributed by atoms with Crippen LogP contribution in [0, 0.1) is 11.8 Å².